The minimum Gasteiger partial charge on any atom is -0.157 e. The lowest BCUT2D eigenvalue weighted by molar-refractivity contribution is 0.831. The van der Waals surface area contributed by atoms with Gasteiger partial charge in [0.05, 0.1) is 11.1 Å². The standard InChI is InChI=1S/C25H16Cl6N2S3/c26-17-4-1-14(20(29)7-17)11-34-23-10-32-33-25(36-13-16-3-6-19(28)9-22(16)31)24(23)35-12-15-2-5-18(27)8-21(15)30/h1-10H,11-13H2. The number of hydrogen-bond acceptors (Lipinski definition) is 5. The van der Waals surface area contributed by atoms with Crippen molar-refractivity contribution in [1.29, 1.82) is 0 Å². The molecule has 1 heterocycles. The van der Waals surface area contributed by atoms with Gasteiger partial charge in [0.15, 0.2) is 0 Å². The van der Waals surface area contributed by atoms with Crippen molar-refractivity contribution in [3.05, 3.63) is 108 Å². The first-order chi connectivity index (χ1) is 17.3. The van der Waals surface area contributed by atoms with Crippen LogP contribution >= 0.6 is 105 Å². The van der Waals surface area contributed by atoms with Gasteiger partial charge in [0.2, 0.25) is 0 Å². The Morgan fingerprint density at radius 3 is 1.47 bits per heavy atom. The summed E-state index contributed by atoms with van der Waals surface area (Å²) in [5.41, 5.74) is 2.94. The highest BCUT2D eigenvalue weighted by Crippen LogP contribution is 2.42. The second-order valence-corrected chi connectivity index (χ2v) is 12.9. The number of aromatic nitrogens is 2. The fourth-order valence-electron chi connectivity index (χ4n) is 3.04. The summed E-state index contributed by atoms with van der Waals surface area (Å²) in [4.78, 5) is 2.01. The molecule has 1 aromatic heterocycles. The molecular weight excluding hydrogens is 637 g/mol. The van der Waals surface area contributed by atoms with E-state index in [1.807, 2.05) is 36.4 Å². The number of thioether (sulfide) groups is 3. The first-order valence-corrected chi connectivity index (χ1v) is 15.6. The van der Waals surface area contributed by atoms with Gasteiger partial charge in [-0.15, -0.1) is 28.6 Å². The smallest absolute Gasteiger partial charge is 0.134 e. The minimum atomic E-state index is 0.601. The van der Waals surface area contributed by atoms with E-state index in [9.17, 15) is 0 Å². The van der Waals surface area contributed by atoms with Crippen molar-refractivity contribution in [2.24, 2.45) is 0 Å². The van der Waals surface area contributed by atoms with Crippen molar-refractivity contribution >= 4 is 105 Å². The Kier molecular flexibility index (Phi) is 10.7. The van der Waals surface area contributed by atoms with Crippen LogP contribution in [0.15, 0.2) is 75.6 Å². The molecule has 0 amide bonds. The van der Waals surface area contributed by atoms with Crippen LogP contribution < -0.4 is 0 Å². The van der Waals surface area contributed by atoms with E-state index in [4.69, 9.17) is 69.6 Å². The molecule has 11 heteroatoms. The Balaban J connectivity index is 1.59. The van der Waals surface area contributed by atoms with Gasteiger partial charge >= 0.3 is 0 Å². The summed E-state index contributed by atoms with van der Waals surface area (Å²) >= 11 is 42.3. The molecule has 0 aliphatic carbocycles. The Morgan fingerprint density at radius 1 is 0.556 bits per heavy atom. The second kappa shape index (κ2) is 13.5. The molecule has 2 nitrogen and oxygen atoms in total. The predicted molar refractivity (Wildman–Crippen MR) is 160 cm³/mol. The molecule has 0 bridgehead atoms. The lowest BCUT2D eigenvalue weighted by atomic mass is 10.2. The van der Waals surface area contributed by atoms with Gasteiger partial charge in [-0.3, -0.25) is 0 Å². The lowest BCUT2D eigenvalue weighted by Gasteiger charge is -2.14. The molecule has 4 rings (SSSR count). The highest BCUT2D eigenvalue weighted by atomic mass is 35.5. The van der Waals surface area contributed by atoms with Gasteiger partial charge in [-0.05, 0) is 53.1 Å². The SMILES string of the molecule is Clc1ccc(CSc2cnnc(SCc3ccc(Cl)cc3Cl)c2SCc2ccc(Cl)cc2Cl)c(Cl)c1. The molecule has 36 heavy (non-hydrogen) atoms. The van der Waals surface area contributed by atoms with Crippen LogP contribution in [0.25, 0.3) is 0 Å². The van der Waals surface area contributed by atoms with E-state index in [1.165, 1.54) is 0 Å². The average molecular weight is 653 g/mol. The normalized spacial score (nSPS) is 11.2. The number of rotatable bonds is 9. The molecule has 0 N–H and O–H groups in total. The van der Waals surface area contributed by atoms with E-state index in [0.29, 0.717) is 47.4 Å². The lowest BCUT2D eigenvalue weighted by Crippen LogP contribution is -1.95. The number of benzene rings is 3. The fraction of sp³-hybridized carbons (Fsp3) is 0.120. The highest BCUT2D eigenvalue weighted by molar-refractivity contribution is 8.03. The third kappa shape index (κ3) is 7.78. The van der Waals surface area contributed by atoms with Gasteiger partial charge in [-0.1, -0.05) is 99.6 Å². The molecule has 186 valence electrons. The van der Waals surface area contributed by atoms with E-state index >= 15 is 0 Å². The molecule has 0 aliphatic heterocycles. The molecule has 0 aliphatic rings. The van der Waals surface area contributed by atoms with Crippen LogP contribution in [0, 0.1) is 0 Å². The number of hydrogen-bond donors (Lipinski definition) is 0. The van der Waals surface area contributed by atoms with E-state index in [0.717, 1.165) is 31.5 Å². The zero-order chi connectivity index (χ0) is 25.7. The van der Waals surface area contributed by atoms with E-state index in [2.05, 4.69) is 10.2 Å². The van der Waals surface area contributed by atoms with Crippen LogP contribution in [0.5, 0.6) is 0 Å². The quantitative estimate of drug-likeness (QED) is 0.168. The Hall–Kier alpha value is -0.470. The first kappa shape index (κ1) is 28.5. The molecule has 0 fully saturated rings. The molecule has 0 saturated heterocycles. The highest BCUT2D eigenvalue weighted by Gasteiger charge is 2.16. The summed E-state index contributed by atoms with van der Waals surface area (Å²) in [6.45, 7) is 0. The van der Waals surface area contributed by atoms with Crippen molar-refractivity contribution in [1.82, 2.24) is 10.2 Å². The number of nitrogens with zero attached hydrogens (tertiary/aromatic N) is 2. The fourth-order valence-corrected chi connectivity index (χ4v) is 8.19. The zero-order valence-corrected chi connectivity index (χ0v) is 25.3. The van der Waals surface area contributed by atoms with Crippen LogP contribution in [-0.2, 0) is 17.3 Å². The molecular formula is C25H16Cl6N2S3. The Morgan fingerprint density at radius 2 is 1.00 bits per heavy atom. The summed E-state index contributed by atoms with van der Waals surface area (Å²) in [5.74, 6) is 1.92. The van der Waals surface area contributed by atoms with Crippen LogP contribution in [0.4, 0.5) is 0 Å². The molecule has 0 atom stereocenters. The largest absolute Gasteiger partial charge is 0.157 e. The molecule has 0 spiro atoms. The van der Waals surface area contributed by atoms with E-state index < -0.39 is 0 Å². The van der Waals surface area contributed by atoms with Crippen molar-refractivity contribution in [3.63, 3.8) is 0 Å². The van der Waals surface area contributed by atoms with Crippen molar-refractivity contribution < 1.29 is 0 Å². The third-order valence-corrected chi connectivity index (χ3v) is 10.2. The van der Waals surface area contributed by atoms with E-state index in [1.54, 1.807) is 59.7 Å². The maximum absolute atomic E-state index is 6.43. The van der Waals surface area contributed by atoms with Crippen LogP contribution in [-0.4, -0.2) is 10.2 Å². The number of halogens is 6. The summed E-state index contributed by atoms with van der Waals surface area (Å²) in [6, 6.07) is 16.5. The summed E-state index contributed by atoms with van der Waals surface area (Å²) in [6.07, 6.45) is 1.78. The predicted octanol–water partition coefficient (Wildman–Crippen LogP) is 11.3. The summed E-state index contributed by atoms with van der Waals surface area (Å²) in [7, 11) is 0. The monoisotopic (exact) mass is 650 g/mol. The molecule has 0 saturated carbocycles. The van der Waals surface area contributed by atoms with Crippen LogP contribution in [0.2, 0.25) is 30.1 Å². The maximum atomic E-state index is 6.43. The van der Waals surface area contributed by atoms with Crippen molar-refractivity contribution in [2.45, 2.75) is 32.1 Å². The summed E-state index contributed by atoms with van der Waals surface area (Å²) in [5, 5.41) is 13.2. The molecule has 4 aromatic rings. The maximum Gasteiger partial charge on any atom is 0.134 e. The third-order valence-electron chi connectivity index (χ3n) is 4.91. The Bertz CT molecular complexity index is 1310. The van der Waals surface area contributed by atoms with E-state index in [-0.39, 0.29) is 0 Å². The first-order valence-electron chi connectivity index (χ1n) is 10.4. The molecule has 3 aromatic carbocycles. The summed E-state index contributed by atoms with van der Waals surface area (Å²) < 4.78 is 0. The minimum absolute atomic E-state index is 0.601. The van der Waals surface area contributed by atoms with Gasteiger partial charge in [0.25, 0.3) is 0 Å². The van der Waals surface area contributed by atoms with Gasteiger partial charge in [0.1, 0.15) is 5.03 Å². The van der Waals surface area contributed by atoms with Crippen molar-refractivity contribution in [2.75, 3.05) is 0 Å². The van der Waals surface area contributed by atoms with Gasteiger partial charge in [0, 0.05) is 52.3 Å². The van der Waals surface area contributed by atoms with Gasteiger partial charge < -0.3 is 0 Å². The Labute approximate surface area is 252 Å². The second-order valence-electron chi connectivity index (χ2n) is 7.42. The van der Waals surface area contributed by atoms with Gasteiger partial charge in [-0.2, -0.15) is 5.10 Å². The zero-order valence-electron chi connectivity index (χ0n) is 18.3. The van der Waals surface area contributed by atoms with Crippen LogP contribution in [0.1, 0.15) is 16.7 Å². The van der Waals surface area contributed by atoms with Gasteiger partial charge in [-0.25, -0.2) is 0 Å². The van der Waals surface area contributed by atoms with Crippen molar-refractivity contribution in [3.8, 4) is 0 Å². The molecule has 0 radical (unpaired) electrons. The molecule has 0 unspecified atom stereocenters. The topological polar surface area (TPSA) is 25.8 Å². The average Bonchev–Trinajstić information content (AvgIpc) is 2.83. The van der Waals surface area contributed by atoms with Crippen LogP contribution in [0.3, 0.4) is 0 Å².